The van der Waals surface area contributed by atoms with Gasteiger partial charge in [-0.1, -0.05) is 26.0 Å². The standard InChI is InChI=1S/C12H16NO3P/c1-3-9-17(14,4-2)16-12-13-10-7-5-6-8-11(10)15-12/h5-8H,3-4,9H2,1-2H3. The Labute approximate surface area is 100 Å². The summed E-state index contributed by atoms with van der Waals surface area (Å²) in [7, 11) is -2.63. The molecule has 0 spiro atoms. The molecule has 2 rings (SSSR count). The lowest BCUT2D eigenvalue weighted by Crippen LogP contribution is -2.00. The van der Waals surface area contributed by atoms with Gasteiger partial charge in [-0.15, -0.1) is 0 Å². The van der Waals surface area contributed by atoms with Crippen LogP contribution in [0.25, 0.3) is 11.1 Å². The molecule has 17 heavy (non-hydrogen) atoms. The van der Waals surface area contributed by atoms with Crippen molar-refractivity contribution < 1.29 is 13.5 Å². The fourth-order valence-electron chi connectivity index (χ4n) is 1.64. The minimum absolute atomic E-state index is 0.116. The molecule has 1 atom stereocenters. The van der Waals surface area contributed by atoms with Crippen LogP contribution in [-0.2, 0) is 4.57 Å². The number of aromatic nitrogens is 1. The summed E-state index contributed by atoms with van der Waals surface area (Å²) in [6.45, 7) is 3.84. The summed E-state index contributed by atoms with van der Waals surface area (Å²) in [5.74, 6) is 0. The molecule has 0 aliphatic rings. The van der Waals surface area contributed by atoms with Crippen LogP contribution in [0.2, 0.25) is 0 Å². The maximum Gasteiger partial charge on any atom is 0.399 e. The number of oxazole rings is 1. The number of para-hydroxylation sites is 2. The number of hydrogen-bond acceptors (Lipinski definition) is 4. The molecule has 0 saturated heterocycles. The van der Waals surface area contributed by atoms with E-state index >= 15 is 0 Å². The maximum absolute atomic E-state index is 12.3. The van der Waals surface area contributed by atoms with Crippen molar-refractivity contribution in [1.29, 1.82) is 0 Å². The van der Waals surface area contributed by atoms with Crippen LogP contribution in [0.4, 0.5) is 0 Å². The predicted molar refractivity (Wildman–Crippen MR) is 67.9 cm³/mol. The first-order chi connectivity index (χ1) is 8.17. The van der Waals surface area contributed by atoms with Crippen LogP contribution < -0.4 is 4.52 Å². The summed E-state index contributed by atoms with van der Waals surface area (Å²) < 4.78 is 23.2. The second-order valence-corrected chi connectivity index (χ2v) is 6.78. The van der Waals surface area contributed by atoms with Crippen LogP contribution in [0.5, 0.6) is 6.08 Å². The lowest BCUT2D eigenvalue weighted by Gasteiger charge is -2.13. The zero-order chi connectivity index (χ0) is 12.3. The van der Waals surface area contributed by atoms with Crippen LogP contribution in [0.15, 0.2) is 28.7 Å². The molecule has 0 radical (unpaired) electrons. The van der Waals surface area contributed by atoms with Gasteiger partial charge < -0.3 is 8.94 Å². The second-order valence-electron chi connectivity index (χ2n) is 3.89. The first-order valence-corrected chi connectivity index (χ1v) is 7.79. The van der Waals surface area contributed by atoms with Crippen molar-refractivity contribution in [2.24, 2.45) is 0 Å². The third kappa shape index (κ3) is 2.70. The minimum Gasteiger partial charge on any atom is -0.409 e. The monoisotopic (exact) mass is 253 g/mol. The highest BCUT2D eigenvalue weighted by molar-refractivity contribution is 7.59. The zero-order valence-electron chi connectivity index (χ0n) is 10.0. The summed E-state index contributed by atoms with van der Waals surface area (Å²) >= 11 is 0. The van der Waals surface area contributed by atoms with Crippen LogP contribution in [0.3, 0.4) is 0 Å². The van der Waals surface area contributed by atoms with Gasteiger partial charge in [0.2, 0.25) is 0 Å². The van der Waals surface area contributed by atoms with Gasteiger partial charge in [0.15, 0.2) is 5.58 Å². The number of nitrogens with zero attached hydrogens (tertiary/aromatic N) is 1. The molecule has 92 valence electrons. The molecule has 4 nitrogen and oxygen atoms in total. The van der Waals surface area contributed by atoms with Crippen molar-refractivity contribution in [2.45, 2.75) is 20.3 Å². The minimum atomic E-state index is -2.63. The van der Waals surface area contributed by atoms with Crippen molar-refractivity contribution in [3.8, 4) is 6.08 Å². The molecule has 0 aliphatic heterocycles. The Kier molecular flexibility index (Phi) is 3.53. The largest absolute Gasteiger partial charge is 0.409 e. The van der Waals surface area contributed by atoms with Crippen molar-refractivity contribution in [3.05, 3.63) is 24.3 Å². The molecule has 2 aromatic rings. The molecule has 0 fully saturated rings. The van der Waals surface area contributed by atoms with Crippen LogP contribution >= 0.6 is 7.37 Å². The number of fused-ring (bicyclic) bond motifs is 1. The van der Waals surface area contributed by atoms with Crippen molar-refractivity contribution in [2.75, 3.05) is 12.3 Å². The van der Waals surface area contributed by atoms with E-state index in [1.165, 1.54) is 0 Å². The smallest absolute Gasteiger partial charge is 0.399 e. The van der Waals surface area contributed by atoms with Crippen LogP contribution in [0.1, 0.15) is 20.3 Å². The predicted octanol–water partition coefficient (Wildman–Crippen LogP) is 3.91. The molecular weight excluding hydrogens is 237 g/mol. The van der Waals surface area contributed by atoms with Crippen LogP contribution in [0, 0.1) is 0 Å². The van der Waals surface area contributed by atoms with Crippen molar-refractivity contribution in [3.63, 3.8) is 0 Å². The third-order valence-electron chi connectivity index (χ3n) is 2.56. The van der Waals surface area contributed by atoms with Crippen LogP contribution in [-0.4, -0.2) is 17.3 Å². The average molecular weight is 253 g/mol. The van der Waals surface area contributed by atoms with Gasteiger partial charge >= 0.3 is 6.08 Å². The van der Waals surface area contributed by atoms with Gasteiger partial charge in [-0.05, 0) is 18.6 Å². The molecular formula is C12H16NO3P. The van der Waals surface area contributed by atoms with Gasteiger partial charge in [0.05, 0.1) is 0 Å². The van der Waals surface area contributed by atoms with E-state index in [1.807, 2.05) is 38.1 Å². The van der Waals surface area contributed by atoms with Gasteiger partial charge in [0, 0.05) is 12.3 Å². The lowest BCUT2D eigenvalue weighted by molar-refractivity contribution is 0.379. The number of benzene rings is 1. The summed E-state index contributed by atoms with van der Waals surface area (Å²) in [5.41, 5.74) is 1.38. The summed E-state index contributed by atoms with van der Waals surface area (Å²) in [6, 6.07) is 7.39. The van der Waals surface area contributed by atoms with Crippen molar-refractivity contribution >= 4 is 18.5 Å². The summed E-state index contributed by atoms with van der Waals surface area (Å²) in [5, 5.41) is 0. The maximum atomic E-state index is 12.3. The Balaban J connectivity index is 2.25. The van der Waals surface area contributed by atoms with Gasteiger partial charge in [-0.2, -0.15) is 4.98 Å². The Morgan fingerprint density at radius 1 is 1.35 bits per heavy atom. The Morgan fingerprint density at radius 3 is 2.76 bits per heavy atom. The van der Waals surface area contributed by atoms with E-state index in [9.17, 15) is 4.57 Å². The van der Waals surface area contributed by atoms with E-state index in [-0.39, 0.29) is 6.08 Å². The second kappa shape index (κ2) is 4.92. The Morgan fingerprint density at radius 2 is 2.12 bits per heavy atom. The average Bonchev–Trinajstić information content (AvgIpc) is 2.71. The molecule has 1 aromatic heterocycles. The molecule has 0 bridgehead atoms. The van der Waals surface area contributed by atoms with E-state index in [0.717, 1.165) is 11.9 Å². The molecule has 0 aliphatic carbocycles. The normalized spacial score (nSPS) is 14.7. The first-order valence-electron chi connectivity index (χ1n) is 5.80. The van der Waals surface area contributed by atoms with E-state index in [2.05, 4.69) is 4.98 Å². The zero-order valence-corrected chi connectivity index (χ0v) is 10.9. The van der Waals surface area contributed by atoms with Gasteiger partial charge in [-0.3, -0.25) is 4.57 Å². The van der Waals surface area contributed by atoms with Gasteiger partial charge in [0.25, 0.3) is 7.37 Å². The quantitative estimate of drug-likeness (QED) is 0.758. The first kappa shape index (κ1) is 12.2. The SMILES string of the molecule is CCCP(=O)(CC)Oc1nc2ccccc2o1. The topological polar surface area (TPSA) is 52.3 Å². The van der Waals surface area contributed by atoms with E-state index in [1.54, 1.807) is 0 Å². The number of rotatable bonds is 5. The molecule has 0 saturated carbocycles. The summed E-state index contributed by atoms with van der Waals surface area (Å²) in [4.78, 5) is 4.17. The molecule has 5 heteroatoms. The fraction of sp³-hybridized carbons (Fsp3) is 0.417. The molecule has 0 amide bonds. The van der Waals surface area contributed by atoms with Gasteiger partial charge in [0.1, 0.15) is 5.52 Å². The third-order valence-corrected chi connectivity index (χ3v) is 5.15. The number of hydrogen-bond donors (Lipinski definition) is 0. The van der Waals surface area contributed by atoms with E-state index < -0.39 is 7.37 Å². The Bertz CT molecular complexity index is 516. The highest BCUT2D eigenvalue weighted by atomic mass is 31.2. The fourth-order valence-corrected chi connectivity index (χ4v) is 3.22. The van der Waals surface area contributed by atoms with E-state index in [4.69, 9.17) is 8.94 Å². The molecule has 0 N–H and O–H groups in total. The lowest BCUT2D eigenvalue weighted by atomic mass is 10.3. The highest BCUT2D eigenvalue weighted by Crippen LogP contribution is 2.47. The highest BCUT2D eigenvalue weighted by Gasteiger charge is 2.23. The molecule has 1 unspecified atom stereocenters. The van der Waals surface area contributed by atoms with Crippen molar-refractivity contribution in [1.82, 2.24) is 4.98 Å². The van der Waals surface area contributed by atoms with E-state index in [0.29, 0.717) is 17.9 Å². The Hall–Kier alpha value is -1.28. The van der Waals surface area contributed by atoms with Gasteiger partial charge in [-0.25, -0.2) is 0 Å². The molecule has 1 aromatic carbocycles. The summed E-state index contributed by atoms with van der Waals surface area (Å²) in [6.07, 6.45) is 2.00. The molecule has 1 heterocycles.